The minimum absolute atomic E-state index is 0.105. The Hall–Kier alpha value is -1.02. The Morgan fingerprint density at radius 2 is 2.24 bits per heavy atom. The summed E-state index contributed by atoms with van der Waals surface area (Å²) in [5.41, 5.74) is 0.721. The molecule has 0 saturated carbocycles. The van der Waals surface area contributed by atoms with Gasteiger partial charge in [0.2, 0.25) is 10.0 Å². The number of benzene rings is 1. The highest BCUT2D eigenvalue weighted by atomic mass is 32.2. The van der Waals surface area contributed by atoms with E-state index in [1.165, 1.54) is 12.1 Å². The van der Waals surface area contributed by atoms with Crippen molar-refractivity contribution in [3.8, 4) is 0 Å². The monoisotopic (exact) mass is 316 g/mol. The summed E-state index contributed by atoms with van der Waals surface area (Å²) < 4.78 is 46.0. The first-order chi connectivity index (χ1) is 10.0. The lowest BCUT2D eigenvalue weighted by molar-refractivity contribution is 0.105. The number of ether oxygens (including phenoxy) is 1. The lowest BCUT2D eigenvalue weighted by atomic mass is 10.2. The Bertz CT molecular complexity index is 572. The molecule has 1 saturated heterocycles. The van der Waals surface area contributed by atoms with Crippen molar-refractivity contribution in [3.63, 3.8) is 0 Å². The Kier molecular flexibility index (Phi) is 5.69. The lowest BCUT2D eigenvalue weighted by Crippen LogP contribution is -2.28. The zero-order valence-electron chi connectivity index (χ0n) is 12.1. The molecular weight excluding hydrogens is 295 g/mol. The van der Waals surface area contributed by atoms with Crippen molar-refractivity contribution in [2.75, 3.05) is 20.2 Å². The maximum absolute atomic E-state index is 13.8. The molecule has 1 atom stereocenters. The summed E-state index contributed by atoms with van der Waals surface area (Å²) in [5, 5.41) is 2.91. The molecule has 7 heteroatoms. The molecular formula is C14H21FN2O3S. The zero-order valence-corrected chi connectivity index (χ0v) is 12.9. The minimum atomic E-state index is -3.83. The van der Waals surface area contributed by atoms with E-state index in [0.717, 1.165) is 25.0 Å². The summed E-state index contributed by atoms with van der Waals surface area (Å²) in [6.07, 6.45) is 2.68. The third kappa shape index (κ3) is 4.47. The molecule has 0 spiro atoms. The number of nitrogens with one attached hydrogen (secondary N) is 2. The number of hydrogen-bond acceptors (Lipinski definition) is 4. The second-order valence-corrected chi connectivity index (χ2v) is 6.85. The molecule has 5 nitrogen and oxygen atoms in total. The molecule has 21 heavy (non-hydrogen) atoms. The summed E-state index contributed by atoms with van der Waals surface area (Å²) in [6.45, 7) is 1.47. The second kappa shape index (κ2) is 7.31. The molecule has 0 amide bonds. The average molecular weight is 316 g/mol. The van der Waals surface area contributed by atoms with Gasteiger partial charge < -0.3 is 10.1 Å². The third-order valence-electron chi connectivity index (χ3n) is 3.45. The fraction of sp³-hybridized carbons (Fsp3) is 0.571. The zero-order chi connectivity index (χ0) is 15.3. The van der Waals surface area contributed by atoms with E-state index < -0.39 is 15.8 Å². The Balaban J connectivity index is 2.02. The van der Waals surface area contributed by atoms with Crippen LogP contribution in [-0.4, -0.2) is 34.7 Å². The maximum Gasteiger partial charge on any atom is 0.243 e. The van der Waals surface area contributed by atoms with E-state index in [0.29, 0.717) is 13.0 Å². The first-order valence-corrected chi connectivity index (χ1v) is 8.55. The van der Waals surface area contributed by atoms with Gasteiger partial charge in [0.25, 0.3) is 0 Å². The summed E-state index contributed by atoms with van der Waals surface area (Å²) in [6, 6.07) is 4.11. The molecule has 2 rings (SSSR count). The average Bonchev–Trinajstić information content (AvgIpc) is 2.94. The highest BCUT2D eigenvalue weighted by molar-refractivity contribution is 7.89. The number of rotatable bonds is 7. The van der Waals surface area contributed by atoms with Gasteiger partial charge in [0.1, 0.15) is 10.7 Å². The van der Waals surface area contributed by atoms with Crippen molar-refractivity contribution >= 4 is 10.0 Å². The Morgan fingerprint density at radius 1 is 1.43 bits per heavy atom. The summed E-state index contributed by atoms with van der Waals surface area (Å²) in [7, 11) is -2.08. The molecule has 0 aliphatic carbocycles. The van der Waals surface area contributed by atoms with Gasteiger partial charge in [-0.25, -0.2) is 17.5 Å². The smallest absolute Gasteiger partial charge is 0.243 e. The number of sulfonamides is 1. The van der Waals surface area contributed by atoms with Crippen LogP contribution >= 0.6 is 0 Å². The quantitative estimate of drug-likeness (QED) is 0.798. The largest absolute Gasteiger partial charge is 0.378 e. The van der Waals surface area contributed by atoms with Crippen LogP contribution in [0.2, 0.25) is 0 Å². The van der Waals surface area contributed by atoms with Crippen LogP contribution in [0.3, 0.4) is 0 Å². The van der Waals surface area contributed by atoms with E-state index in [2.05, 4.69) is 10.0 Å². The number of halogens is 1. The molecule has 1 aliphatic heterocycles. The highest BCUT2D eigenvalue weighted by Crippen LogP contribution is 2.18. The molecule has 1 unspecified atom stereocenters. The van der Waals surface area contributed by atoms with Crippen LogP contribution in [0.25, 0.3) is 0 Å². The van der Waals surface area contributed by atoms with Crippen LogP contribution in [0.4, 0.5) is 4.39 Å². The van der Waals surface area contributed by atoms with E-state index >= 15 is 0 Å². The molecule has 0 bridgehead atoms. The van der Waals surface area contributed by atoms with Gasteiger partial charge in [-0.1, -0.05) is 6.07 Å². The van der Waals surface area contributed by atoms with Crippen molar-refractivity contribution in [1.29, 1.82) is 0 Å². The van der Waals surface area contributed by atoms with Gasteiger partial charge in [-0.3, -0.25) is 0 Å². The van der Waals surface area contributed by atoms with Crippen molar-refractivity contribution in [2.24, 2.45) is 0 Å². The van der Waals surface area contributed by atoms with Crippen LogP contribution in [0.15, 0.2) is 23.1 Å². The van der Waals surface area contributed by atoms with Crippen LogP contribution in [0, 0.1) is 5.82 Å². The SMILES string of the molecule is CNCc1ccc(F)c(S(=O)(=O)NCCC2CCCO2)c1. The van der Waals surface area contributed by atoms with Gasteiger partial charge in [0.05, 0.1) is 6.10 Å². The molecule has 2 N–H and O–H groups in total. The first kappa shape index (κ1) is 16.4. The van der Waals surface area contributed by atoms with Crippen LogP contribution < -0.4 is 10.0 Å². The minimum Gasteiger partial charge on any atom is -0.378 e. The van der Waals surface area contributed by atoms with Crippen molar-refractivity contribution in [3.05, 3.63) is 29.6 Å². The van der Waals surface area contributed by atoms with Gasteiger partial charge in [-0.15, -0.1) is 0 Å². The molecule has 1 fully saturated rings. The number of hydrogen-bond donors (Lipinski definition) is 2. The fourth-order valence-electron chi connectivity index (χ4n) is 2.37. The van der Waals surface area contributed by atoms with E-state index in [9.17, 15) is 12.8 Å². The Labute approximate surface area is 124 Å². The van der Waals surface area contributed by atoms with E-state index in [1.807, 2.05) is 0 Å². The van der Waals surface area contributed by atoms with Crippen molar-refractivity contribution < 1.29 is 17.5 Å². The highest BCUT2D eigenvalue weighted by Gasteiger charge is 2.21. The first-order valence-electron chi connectivity index (χ1n) is 7.07. The second-order valence-electron chi connectivity index (χ2n) is 5.12. The predicted molar refractivity (Wildman–Crippen MR) is 77.9 cm³/mol. The standard InChI is InChI=1S/C14H21FN2O3S/c1-16-10-11-4-5-13(15)14(9-11)21(18,19)17-7-6-12-3-2-8-20-12/h4-5,9,12,16-17H,2-3,6-8,10H2,1H3. The summed E-state index contributed by atoms with van der Waals surface area (Å²) in [4.78, 5) is -0.303. The van der Waals surface area contributed by atoms with Crippen LogP contribution in [0.1, 0.15) is 24.8 Å². The lowest BCUT2D eigenvalue weighted by Gasteiger charge is -2.12. The van der Waals surface area contributed by atoms with Crippen molar-refractivity contribution in [1.82, 2.24) is 10.0 Å². The van der Waals surface area contributed by atoms with Gasteiger partial charge in [-0.05, 0) is 44.0 Å². The van der Waals surface area contributed by atoms with E-state index in [-0.39, 0.29) is 17.5 Å². The molecule has 1 aliphatic rings. The van der Waals surface area contributed by atoms with Gasteiger partial charge in [-0.2, -0.15) is 0 Å². The normalized spacial score (nSPS) is 19.0. The fourth-order valence-corrected chi connectivity index (χ4v) is 3.55. The maximum atomic E-state index is 13.8. The Morgan fingerprint density at radius 3 is 2.90 bits per heavy atom. The van der Waals surface area contributed by atoms with Gasteiger partial charge in [0.15, 0.2) is 0 Å². The third-order valence-corrected chi connectivity index (χ3v) is 4.92. The van der Waals surface area contributed by atoms with Crippen molar-refractivity contribution in [2.45, 2.75) is 36.8 Å². The predicted octanol–water partition coefficient (Wildman–Crippen LogP) is 1.39. The topological polar surface area (TPSA) is 67.4 Å². The molecule has 1 aromatic carbocycles. The molecule has 1 aromatic rings. The van der Waals surface area contributed by atoms with E-state index in [4.69, 9.17) is 4.74 Å². The molecule has 0 radical (unpaired) electrons. The molecule has 0 aromatic heterocycles. The van der Waals surface area contributed by atoms with E-state index in [1.54, 1.807) is 13.1 Å². The van der Waals surface area contributed by atoms with Gasteiger partial charge in [0, 0.05) is 19.7 Å². The molecule has 118 valence electrons. The summed E-state index contributed by atoms with van der Waals surface area (Å²) in [5.74, 6) is -0.737. The van der Waals surface area contributed by atoms with Crippen LogP contribution in [0.5, 0.6) is 0 Å². The molecule has 1 heterocycles. The summed E-state index contributed by atoms with van der Waals surface area (Å²) >= 11 is 0. The van der Waals surface area contributed by atoms with Crippen LogP contribution in [-0.2, 0) is 21.3 Å². The van der Waals surface area contributed by atoms with Gasteiger partial charge >= 0.3 is 0 Å².